The van der Waals surface area contributed by atoms with E-state index in [0.717, 1.165) is 42.9 Å². The molecule has 2 aromatic rings. The number of hydrogen-bond acceptors (Lipinski definition) is 3. The third-order valence-corrected chi connectivity index (χ3v) is 6.47. The first-order valence-electron chi connectivity index (χ1n) is 8.94. The maximum absolute atomic E-state index is 13.0. The first kappa shape index (κ1) is 15.6. The third-order valence-electron chi connectivity index (χ3n) is 6.47. The lowest BCUT2D eigenvalue weighted by molar-refractivity contribution is -0.188. The lowest BCUT2D eigenvalue weighted by Crippen LogP contribution is -2.61. The van der Waals surface area contributed by atoms with Crippen molar-refractivity contribution in [3.8, 4) is 0 Å². The Balaban J connectivity index is 1.55. The molecule has 24 heavy (non-hydrogen) atoms. The quantitative estimate of drug-likeness (QED) is 0.921. The fourth-order valence-corrected chi connectivity index (χ4v) is 4.61. The van der Waals surface area contributed by atoms with Crippen LogP contribution in [0.3, 0.4) is 0 Å². The van der Waals surface area contributed by atoms with Gasteiger partial charge in [-0.05, 0) is 43.6 Å². The second-order valence-electron chi connectivity index (χ2n) is 7.34. The highest BCUT2D eigenvalue weighted by Gasteiger charge is 2.57. The highest BCUT2D eigenvalue weighted by molar-refractivity contribution is 6.05. The largest absolute Gasteiger partial charge is 0.389 e. The lowest BCUT2D eigenvalue weighted by Gasteiger charge is -2.59. The van der Waals surface area contributed by atoms with E-state index >= 15 is 0 Å². The molecule has 1 aromatic heterocycles. The molecule has 1 N–H and O–H groups in total. The molecule has 1 aliphatic heterocycles. The van der Waals surface area contributed by atoms with Gasteiger partial charge in [0.2, 0.25) is 0 Å². The topological polar surface area (TPSA) is 53.4 Å². The summed E-state index contributed by atoms with van der Waals surface area (Å²) in [4.78, 5) is 19.2. The van der Waals surface area contributed by atoms with E-state index in [1.807, 2.05) is 35.2 Å². The number of carbonyl (C=O) groups excluding carboxylic acids is 1. The summed E-state index contributed by atoms with van der Waals surface area (Å²) in [6.07, 6.45) is 6.31. The summed E-state index contributed by atoms with van der Waals surface area (Å²) in [7, 11) is 0. The number of benzene rings is 1. The van der Waals surface area contributed by atoms with E-state index in [4.69, 9.17) is 0 Å². The van der Waals surface area contributed by atoms with Gasteiger partial charge in [-0.2, -0.15) is 0 Å². The van der Waals surface area contributed by atoms with Crippen molar-refractivity contribution in [2.24, 2.45) is 5.41 Å². The minimum absolute atomic E-state index is 0.0148. The summed E-state index contributed by atoms with van der Waals surface area (Å²) in [6.45, 7) is 3.50. The average molecular weight is 324 g/mol. The van der Waals surface area contributed by atoms with Gasteiger partial charge in [0.15, 0.2) is 0 Å². The minimum Gasteiger partial charge on any atom is -0.389 e. The molecule has 0 bridgehead atoms. The number of amides is 1. The molecule has 4 heteroatoms. The number of piperidine rings is 1. The molecule has 2 fully saturated rings. The van der Waals surface area contributed by atoms with Crippen molar-refractivity contribution in [2.45, 2.75) is 44.6 Å². The average Bonchev–Trinajstić information content (AvgIpc) is 2.65. The molecule has 126 valence electrons. The molecule has 1 aliphatic carbocycles. The molecular weight excluding hydrogens is 300 g/mol. The summed E-state index contributed by atoms with van der Waals surface area (Å²) >= 11 is 0. The lowest BCUT2D eigenvalue weighted by atomic mass is 9.51. The normalized spacial score (nSPS) is 25.7. The zero-order chi connectivity index (χ0) is 16.8. The van der Waals surface area contributed by atoms with Gasteiger partial charge in [-0.15, -0.1) is 0 Å². The number of hydrogen-bond donors (Lipinski definition) is 1. The van der Waals surface area contributed by atoms with E-state index in [9.17, 15) is 9.90 Å². The highest BCUT2D eigenvalue weighted by atomic mass is 16.3. The van der Waals surface area contributed by atoms with Crippen LogP contribution in [-0.2, 0) is 0 Å². The van der Waals surface area contributed by atoms with Crippen molar-refractivity contribution >= 4 is 16.7 Å². The van der Waals surface area contributed by atoms with Crippen molar-refractivity contribution in [3.63, 3.8) is 0 Å². The van der Waals surface area contributed by atoms with E-state index in [2.05, 4.69) is 11.9 Å². The Kier molecular flexibility index (Phi) is 3.61. The Morgan fingerprint density at radius 1 is 1.17 bits per heavy atom. The Morgan fingerprint density at radius 3 is 2.58 bits per heavy atom. The maximum Gasteiger partial charge on any atom is 0.273 e. The van der Waals surface area contributed by atoms with Crippen LogP contribution in [0.1, 0.15) is 49.5 Å². The van der Waals surface area contributed by atoms with Gasteiger partial charge in [0, 0.05) is 30.1 Å². The van der Waals surface area contributed by atoms with Gasteiger partial charge in [-0.1, -0.05) is 31.2 Å². The van der Waals surface area contributed by atoms with Crippen LogP contribution in [0.25, 0.3) is 10.8 Å². The minimum atomic E-state index is -0.514. The number of likely N-dealkylation sites (tertiary alicyclic amines) is 1. The highest BCUT2D eigenvalue weighted by Crippen LogP contribution is 2.57. The number of pyridine rings is 1. The van der Waals surface area contributed by atoms with Crippen molar-refractivity contribution in [1.82, 2.24) is 9.88 Å². The van der Waals surface area contributed by atoms with Crippen molar-refractivity contribution in [2.75, 3.05) is 13.1 Å². The van der Waals surface area contributed by atoms with Crippen LogP contribution in [-0.4, -0.2) is 39.6 Å². The molecule has 1 spiro atoms. The third kappa shape index (κ3) is 2.16. The maximum atomic E-state index is 13.0. The standard InChI is InChI=1S/C20H24N2O2/c1-2-20(24)9-8-19(20)10-13-22(14-11-19)18(23)17-16-6-4-3-5-15(16)7-12-21-17/h3-7,12,24H,2,8-11,13-14H2,1H3. The molecule has 1 saturated heterocycles. The fraction of sp³-hybridized carbons (Fsp3) is 0.500. The van der Waals surface area contributed by atoms with Crippen LogP contribution in [0.2, 0.25) is 0 Å². The second-order valence-corrected chi connectivity index (χ2v) is 7.34. The summed E-state index contributed by atoms with van der Waals surface area (Å²) < 4.78 is 0. The Morgan fingerprint density at radius 2 is 1.92 bits per heavy atom. The number of rotatable bonds is 2. The predicted molar refractivity (Wildman–Crippen MR) is 93.8 cm³/mol. The van der Waals surface area contributed by atoms with Crippen LogP contribution < -0.4 is 0 Å². The van der Waals surface area contributed by atoms with Crippen LogP contribution in [0, 0.1) is 5.41 Å². The van der Waals surface area contributed by atoms with E-state index in [-0.39, 0.29) is 11.3 Å². The molecule has 0 radical (unpaired) electrons. The van der Waals surface area contributed by atoms with Gasteiger partial charge in [-0.25, -0.2) is 0 Å². The zero-order valence-corrected chi connectivity index (χ0v) is 14.2. The summed E-state index contributed by atoms with van der Waals surface area (Å²) in [5.41, 5.74) is 0.0632. The van der Waals surface area contributed by atoms with Crippen LogP contribution in [0.5, 0.6) is 0 Å². The summed E-state index contributed by atoms with van der Waals surface area (Å²) in [6, 6.07) is 9.83. The number of carbonyl (C=O) groups is 1. The van der Waals surface area contributed by atoms with Gasteiger partial charge >= 0.3 is 0 Å². The molecule has 2 aliphatic rings. The van der Waals surface area contributed by atoms with Gasteiger partial charge < -0.3 is 10.0 Å². The van der Waals surface area contributed by atoms with Crippen LogP contribution in [0.15, 0.2) is 36.5 Å². The second kappa shape index (κ2) is 5.55. The molecule has 2 heterocycles. The van der Waals surface area contributed by atoms with E-state index < -0.39 is 5.60 Å². The monoisotopic (exact) mass is 324 g/mol. The molecule has 4 rings (SSSR count). The number of fused-ring (bicyclic) bond motifs is 1. The number of nitrogens with zero attached hydrogens (tertiary/aromatic N) is 2. The summed E-state index contributed by atoms with van der Waals surface area (Å²) in [5, 5.41) is 12.7. The Hall–Kier alpha value is -1.94. The molecular formula is C20H24N2O2. The molecule has 1 unspecified atom stereocenters. The van der Waals surface area contributed by atoms with Crippen LogP contribution >= 0.6 is 0 Å². The SMILES string of the molecule is CCC1(O)CCC12CCN(C(=O)c1nccc3ccccc13)CC2. The van der Waals surface area contributed by atoms with E-state index in [0.29, 0.717) is 18.8 Å². The van der Waals surface area contributed by atoms with Crippen molar-refractivity contribution in [1.29, 1.82) is 0 Å². The van der Waals surface area contributed by atoms with E-state index in [1.54, 1.807) is 6.20 Å². The smallest absolute Gasteiger partial charge is 0.273 e. The van der Waals surface area contributed by atoms with Gasteiger partial charge in [0.1, 0.15) is 5.69 Å². The Labute approximate surface area is 142 Å². The molecule has 4 nitrogen and oxygen atoms in total. The molecule has 1 aromatic carbocycles. The fourth-order valence-electron chi connectivity index (χ4n) is 4.61. The van der Waals surface area contributed by atoms with Gasteiger partial charge in [-0.3, -0.25) is 9.78 Å². The molecule has 1 saturated carbocycles. The summed E-state index contributed by atoms with van der Waals surface area (Å²) in [5.74, 6) is 0.0148. The zero-order valence-electron chi connectivity index (χ0n) is 14.2. The number of aromatic nitrogens is 1. The van der Waals surface area contributed by atoms with Gasteiger partial charge in [0.05, 0.1) is 5.60 Å². The Bertz CT molecular complexity index is 771. The van der Waals surface area contributed by atoms with Crippen molar-refractivity contribution in [3.05, 3.63) is 42.2 Å². The van der Waals surface area contributed by atoms with Gasteiger partial charge in [0.25, 0.3) is 5.91 Å². The number of aliphatic hydroxyl groups is 1. The predicted octanol–water partition coefficient (Wildman–Crippen LogP) is 3.39. The molecule has 1 atom stereocenters. The first-order valence-corrected chi connectivity index (χ1v) is 8.94. The molecule has 1 amide bonds. The van der Waals surface area contributed by atoms with E-state index in [1.165, 1.54) is 0 Å². The van der Waals surface area contributed by atoms with Crippen molar-refractivity contribution < 1.29 is 9.90 Å². The first-order chi connectivity index (χ1) is 11.6. The van der Waals surface area contributed by atoms with Crippen LogP contribution in [0.4, 0.5) is 0 Å².